The summed E-state index contributed by atoms with van der Waals surface area (Å²) < 4.78 is 20.7. The number of hydrogen-bond acceptors (Lipinski definition) is 6. The van der Waals surface area contributed by atoms with Crippen LogP contribution in [0, 0.1) is 5.82 Å². The highest BCUT2D eigenvalue weighted by molar-refractivity contribution is 6.00. The molecule has 8 nitrogen and oxygen atoms in total. The average molecular weight is 598 g/mol. The molecule has 45 heavy (non-hydrogen) atoms. The van der Waals surface area contributed by atoms with Crippen LogP contribution >= 0.6 is 0 Å². The lowest BCUT2D eigenvalue weighted by atomic mass is 10.0. The number of fused-ring (bicyclic) bond motifs is 2. The molecule has 0 atom stereocenters. The zero-order chi connectivity index (χ0) is 30.8. The van der Waals surface area contributed by atoms with E-state index in [9.17, 15) is 4.39 Å². The lowest BCUT2D eigenvalue weighted by Crippen LogP contribution is -2.20. The van der Waals surface area contributed by atoms with E-state index in [1.807, 2.05) is 87.0 Å². The van der Waals surface area contributed by atoms with Crippen molar-refractivity contribution in [2.45, 2.75) is 6.61 Å². The molecule has 7 aromatic rings. The van der Waals surface area contributed by atoms with Gasteiger partial charge in [0.2, 0.25) is 0 Å². The number of H-pyrrole nitrogens is 2. The number of nitrogens with one attached hydrogen (secondary N) is 3. The van der Waals surface area contributed by atoms with E-state index >= 15 is 0 Å². The van der Waals surface area contributed by atoms with Crippen LogP contribution < -0.4 is 10.1 Å². The molecule has 0 saturated carbocycles. The summed E-state index contributed by atoms with van der Waals surface area (Å²) in [6.07, 6.45) is 5.30. The van der Waals surface area contributed by atoms with Crippen LogP contribution in [0.4, 0.5) is 10.1 Å². The fraction of sp³-hybridized carbons (Fsp3) is 0.139. The van der Waals surface area contributed by atoms with Gasteiger partial charge in [-0.1, -0.05) is 36.4 Å². The van der Waals surface area contributed by atoms with Gasteiger partial charge in [0.15, 0.2) is 0 Å². The van der Waals surface area contributed by atoms with Crippen molar-refractivity contribution in [1.29, 1.82) is 0 Å². The normalized spacial score (nSPS) is 11.5. The van der Waals surface area contributed by atoms with Gasteiger partial charge in [-0.25, -0.2) is 9.37 Å². The number of benzene rings is 3. The molecule has 0 unspecified atom stereocenters. The first kappa shape index (κ1) is 28.2. The first-order valence-electron chi connectivity index (χ1n) is 14.8. The second-order valence-electron chi connectivity index (χ2n) is 11.3. The Morgan fingerprint density at radius 3 is 2.62 bits per heavy atom. The van der Waals surface area contributed by atoms with Gasteiger partial charge in [-0.3, -0.25) is 10.1 Å². The zero-order valence-corrected chi connectivity index (χ0v) is 25.0. The molecule has 0 saturated heterocycles. The van der Waals surface area contributed by atoms with E-state index in [0.717, 1.165) is 67.7 Å². The van der Waals surface area contributed by atoms with Gasteiger partial charge >= 0.3 is 0 Å². The summed E-state index contributed by atoms with van der Waals surface area (Å²) in [7, 11) is 4.02. The third kappa shape index (κ3) is 6.11. The molecule has 4 heterocycles. The fourth-order valence-corrected chi connectivity index (χ4v) is 5.47. The SMILES string of the molecule is CN(C)CCNc1cc(F)cc(-c2ccnc3[nH]c(-c4n[nH]c5ccc(-c6cncc(OCc7ccccc7)c6)cc45)cc23)c1. The van der Waals surface area contributed by atoms with Crippen molar-refractivity contribution in [3.05, 3.63) is 115 Å². The van der Waals surface area contributed by atoms with Crippen molar-refractivity contribution in [1.82, 2.24) is 30.0 Å². The first-order valence-corrected chi connectivity index (χ1v) is 14.8. The van der Waals surface area contributed by atoms with Crippen molar-refractivity contribution in [3.63, 3.8) is 0 Å². The standard InChI is InChI=1S/C36H32FN7O/c1-44(2)13-12-39-28-15-25(14-27(37)18-28)30-10-11-40-36-31(30)19-34(41-36)35-32-17-24(8-9-33(32)42-43-35)26-16-29(21-38-20-26)45-22-23-6-4-3-5-7-23/h3-11,14-21,39H,12-13,22H2,1-2H3,(H,40,41)(H,42,43). The van der Waals surface area contributed by atoms with Gasteiger partial charge in [0.05, 0.1) is 17.4 Å². The molecule has 9 heteroatoms. The van der Waals surface area contributed by atoms with E-state index in [1.165, 1.54) is 6.07 Å². The van der Waals surface area contributed by atoms with Crippen LogP contribution in [0.25, 0.3) is 55.6 Å². The number of hydrogen-bond donors (Lipinski definition) is 3. The van der Waals surface area contributed by atoms with E-state index in [0.29, 0.717) is 24.5 Å². The lowest BCUT2D eigenvalue weighted by molar-refractivity contribution is 0.305. The molecule has 0 aliphatic carbocycles. The highest BCUT2D eigenvalue weighted by atomic mass is 19.1. The Labute approximate surface area is 259 Å². The van der Waals surface area contributed by atoms with Gasteiger partial charge in [0.1, 0.15) is 29.5 Å². The smallest absolute Gasteiger partial charge is 0.138 e. The summed E-state index contributed by atoms with van der Waals surface area (Å²) in [6, 6.07) is 27.2. The maximum absolute atomic E-state index is 14.7. The van der Waals surface area contributed by atoms with Gasteiger partial charge in [-0.15, -0.1) is 0 Å². The van der Waals surface area contributed by atoms with E-state index in [1.54, 1.807) is 18.5 Å². The molecule has 3 aromatic carbocycles. The summed E-state index contributed by atoms with van der Waals surface area (Å²) in [5, 5.41) is 13.0. The van der Waals surface area contributed by atoms with Gasteiger partial charge < -0.3 is 19.9 Å². The van der Waals surface area contributed by atoms with E-state index in [2.05, 4.69) is 41.4 Å². The monoisotopic (exact) mass is 597 g/mol. The maximum atomic E-state index is 14.7. The van der Waals surface area contributed by atoms with E-state index in [-0.39, 0.29) is 5.82 Å². The van der Waals surface area contributed by atoms with Crippen LogP contribution in [-0.2, 0) is 6.61 Å². The van der Waals surface area contributed by atoms with Crippen molar-refractivity contribution in [3.8, 4) is 39.4 Å². The van der Waals surface area contributed by atoms with Crippen molar-refractivity contribution in [2.24, 2.45) is 0 Å². The second kappa shape index (κ2) is 12.2. The number of ether oxygens (including phenoxy) is 1. The number of nitrogens with zero attached hydrogens (tertiary/aromatic N) is 4. The van der Waals surface area contributed by atoms with Crippen LogP contribution in [0.3, 0.4) is 0 Å². The number of aromatic amines is 2. The van der Waals surface area contributed by atoms with Crippen molar-refractivity contribution in [2.75, 3.05) is 32.5 Å². The minimum Gasteiger partial charge on any atom is -0.487 e. The quantitative estimate of drug-likeness (QED) is 0.151. The number of likely N-dealkylation sites (N-methyl/N-ethyl adjacent to an activating group) is 1. The topological polar surface area (TPSA) is 94.8 Å². The van der Waals surface area contributed by atoms with Gasteiger partial charge in [0.25, 0.3) is 0 Å². The highest BCUT2D eigenvalue weighted by Gasteiger charge is 2.16. The lowest BCUT2D eigenvalue weighted by Gasteiger charge is -2.13. The van der Waals surface area contributed by atoms with Crippen molar-refractivity contribution >= 4 is 27.6 Å². The average Bonchev–Trinajstić information content (AvgIpc) is 3.68. The molecule has 224 valence electrons. The molecular formula is C36H32FN7O. The zero-order valence-electron chi connectivity index (χ0n) is 25.0. The molecule has 4 aromatic heterocycles. The third-order valence-electron chi connectivity index (χ3n) is 7.74. The van der Waals surface area contributed by atoms with Crippen LogP contribution in [0.5, 0.6) is 5.75 Å². The summed E-state index contributed by atoms with van der Waals surface area (Å²) in [5.41, 5.74) is 8.62. The van der Waals surface area contributed by atoms with E-state index in [4.69, 9.17) is 4.74 Å². The van der Waals surface area contributed by atoms with Crippen molar-refractivity contribution < 1.29 is 9.13 Å². The number of pyridine rings is 2. The van der Waals surface area contributed by atoms with Gasteiger partial charge in [-0.2, -0.15) is 5.10 Å². The minimum absolute atomic E-state index is 0.296. The van der Waals surface area contributed by atoms with Crippen LogP contribution in [0.15, 0.2) is 104 Å². The Bertz CT molecular complexity index is 2100. The predicted octanol–water partition coefficient (Wildman–Crippen LogP) is 7.53. The molecule has 7 rings (SSSR count). The molecule has 0 bridgehead atoms. The second-order valence-corrected chi connectivity index (χ2v) is 11.3. The molecule has 0 aliphatic rings. The molecule has 0 radical (unpaired) electrons. The Kier molecular flexibility index (Phi) is 7.67. The number of anilines is 1. The highest BCUT2D eigenvalue weighted by Crippen LogP contribution is 2.36. The van der Waals surface area contributed by atoms with Crippen LogP contribution in [0.2, 0.25) is 0 Å². The molecule has 3 N–H and O–H groups in total. The maximum Gasteiger partial charge on any atom is 0.138 e. The third-order valence-corrected chi connectivity index (χ3v) is 7.74. The molecule has 0 aliphatic heterocycles. The van der Waals surface area contributed by atoms with Crippen LogP contribution in [-0.4, -0.2) is 57.2 Å². The summed E-state index contributed by atoms with van der Waals surface area (Å²) in [4.78, 5) is 14.5. The fourth-order valence-electron chi connectivity index (χ4n) is 5.47. The number of aromatic nitrogens is 5. The Morgan fingerprint density at radius 1 is 0.867 bits per heavy atom. The van der Waals surface area contributed by atoms with Crippen LogP contribution in [0.1, 0.15) is 5.56 Å². The molecule has 0 amide bonds. The molecule has 0 spiro atoms. The number of rotatable bonds is 10. The van der Waals surface area contributed by atoms with Gasteiger partial charge in [0, 0.05) is 47.5 Å². The number of halogens is 1. The minimum atomic E-state index is -0.296. The summed E-state index contributed by atoms with van der Waals surface area (Å²) in [5.74, 6) is 0.405. The largest absolute Gasteiger partial charge is 0.487 e. The Balaban J connectivity index is 1.20. The van der Waals surface area contributed by atoms with E-state index < -0.39 is 0 Å². The van der Waals surface area contributed by atoms with Gasteiger partial charge in [-0.05, 0) is 84.9 Å². The molecule has 0 fully saturated rings. The first-order chi connectivity index (χ1) is 22.0. The Hall–Kier alpha value is -5.54. The predicted molar refractivity (Wildman–Crippen MR) is 178 cm³/mol. The summed E-state index contributed by atoms with van der Waals surface area (Å²) >= 11 is 0. The molecular weight excluding hydrogens is 565 g/mol. The summed E-state index contributed by atoms with van der Waals surface area (Å²) in [6.45, 7) is 2.03. The Morgan fingerprint density at radius 2 is 1.76 bits per heavy atom.